The van der Waals surface area contributed by atoms with E-state index in [0.717, 1.165) is 30.8 Å². The molecule has 1 fully saturated rings. The Labute approximate surface area is 131 Å². The lowest BCUT2D eigenvalue weighted by molar-refractivity contribution is 0.232. The molecule has 1 heterocycles. The Bertz CT molecular complexity index is 408. The van der Waals surface area contributed by atoms with Gasteiger partial charge in [-0.25, -0.2) is 0 Å². The normalized spacial score (nSPS) is 27.2. The van der Waals surface area contributed by atoms with Crippen molar-refractivity contribution in [2.24, 2.45) is 24.8 Å². The third-order valence-corrected chi connectivity index (χ3v) is 5.11. The maximum absolute atomic E-state index is 4.41. The largest absolute Gasteiger partial charge is 0.316 e. The molecular formula is C16H28BrN3. The molecule has 0 aliphatic heterocycles. The summed E-state index contributed by atoms with van der Waals surface area (Å²) in [6.07, 6.45) is 5.91. The zero-order chi connectivity index (χ0) is 14.7. The molecule has 1 aliphatic rings. The first-order valence-corrected chi connectivity index (χ1v) is 8.66. The van der Waals surface area contributed by atoms with Gasteiger partial charge in [0.15, 0.2) is 0 Å². The van der Waals surface area contributed by atoms with Crippen LogP contribution < -0.4 is 5.32 Å². The lowest BCUT2D eigenvalue weighted by atomic mass is 9.73. The summed E-state index contributed by atoms with van der Waals surface area (Å²) in [4.78, 5) is 0. The maximum Gasteiger partial charge on any atom is 0.0635 e. The van der Waals surface area contributed by atoms with Crippen molar-refractivity contribution in [1.82, 2.24) is 15.1 Å². The monoisotopic (exact) mass is 341 g/mol. The molecule has 1 N–H and O–H groups in total. The summed E-state index contributed by atoms with van der Waals surface area (Å²) >= 11 is 3.69. The summed E-state index contributed by atoms with van der Waals surface area (Å²) in [6.45, 7) is 9.17. The highest BCUT2D eigenvalue weighted by Crippen LogP contribution is 2.42. The molecular weight excluding hydrogens is 314 g/mol. The van der Waals surface area contributed by atoms with Gasteiger partial charge in [0.1, 0.15) is 0 Å². The van der Waals surface area contributed by atoms with Gasteiger partial charge in [0, 0.05) is 13.0 Å². The number of hydrogen-bond donors (Lipinski definition) is 1. The van der Waals surface area contributed by atoms with Gasteiger partial charge in [-0.1, -0.05) is 27.2 Å². The van der Waals surface area contributed by atoms with Gasteiger partial charge in [-0.15, -0.1) is 0 Å². The second-order valence-corrected chi connectivity index (χ2v) is 7.69. The number of halogens is 1. The summed E-state index contributed by atoms with van der Waals surface area (Å²) in [5, 5.41) is 8.06. The fourth-order valence-corrected chi connectivity index (χ4v) is 4.06. The smallest absolute Gasteiger partial charge is 0.0635 e. The third kappa shape index (κ3) is 3.85. The van der Waals surface area contributed by atoms with E-state index >= 15 is 0 Å². The van der Waals surface area contributed by atoms with Gasteiger partial charge < -0.3 is 5.32 Å². The van der Waals surface area contributed by atoms with Crippen LogP contribution in [-0.4, -0.2) is 22.9 Å². The van der Waals surface area contributed by atoms with Crippen molar-refractivity contribution in [3.63, 3.8) is 0 Å². The molecule has 2 rings (SSSR count). The average molecular weight is 342 g/mol. The average Bonchev–Trinajstić information content (AvgIpc) is 2.70. The SMILES string of the molecule is CC(C)CNCC1CCC(C)CC1c1c(Br)cnn1C. The Morgan fingerprint density at radius 2 is 2.20 bits per heavy atom. The molecule has 0 spiro atoms. The summed E-state index contributed by atoms with van der Waals surface area (Å²) in [5.41, 5.74) is 1.38. The second-order valence-electron chi connectivity index (χ2n) is 6.84. The van der Waals surface area contributed by atoms with Crippen LogP contribution in [0.15, 0.2) is 10.7 Å². The fraction of sp³-hybridized carbons (Fsp3) is 0.812. The van der Waals surface area contributed by atoms with Crippen LogP contribution in [0.3, 0.4) is 0 Å². The van der Waals surface area contributed by atoms with Crippen LogP contribution in [0.2, 0.25) is 0 Å². The minimum absolute atomic E-state index is 0.625. The van der Waals surface area contributed by atoms with Crippen LogP contribution in [0.25, 0.3) is 0 Å². The van der Waals surface area contributed by atoms with Crippen molar-refractivity contribution >= 4 is 15.9 Å². The van der Waals surface area contributed by atoms with Crippen LogP contribution in [0, 0.1) is 17.8 Å². The number of rotatable bonds is 5. The van der Waals surface area contributed by atoms with Gasteiger partial charge in [-0.2, -0.15) is 5.10 Å². The summed E-state index contributed by atoms with van der Waals surface area (Å²) in [6, 6.07) is 0. The summed E-state index contributed by atoms with van der Waals surface area (Å²) in [7, 11) is 2.07. The van der Waals surface area contributed by atoms with E-state index in [2.05, 4.69) is 58.8 Å². The van der Waals surface area contributed by atoms with Gasteiger partial charge in [0.05, 0.1) is 16.4 Å². The highest BCUT2D eigenvalue weighted by molar-refractivity contribution is 9.10. The molecule has 1 aromatic heterocycles. The van der Waals surface area contributed by atoms with Crippen molar-refractivity contribution in [2.45, 2.75) is 46.0 Å². The van der Waals surface area contributed by atoms with E-state index in [4.69, 9.17) is 0 Å². The minimum Gasteiger partial charge on any atom is -0.316 e. The third-order valence-electron chi connectivity index (χ3n) is 4.50. The number of nitrogens with one attached hydrogen (secondary N) is 1. The molecule has 3 atom stereocenters. The minimum atomic E-state index is 0.625. The Balaban J connectivity index is 2.08. The van der Waals surface area contributed by atoms with Crippen molar-refractivity contribution in [3.05, 3.63) is 16.4 Å². The van der Waals surface area contributed by atoms with Crippen molar-refractivity contribution in [3.8, 4) is 0 Å². The van der Waals surface area contributed by atoms with Crippen LogP contribution >= 0.6 is 15.9 Å². The first-order valence-electron chi connectivity index (χ1n) is 7.87. The zero-order valence-electron chi connectivity index (χ0n) is 13.2. The highest BCUT2D eigenvalue weighted by atomic mass is 79.9. The fourth-order valence-electron chi connectivity index (χ4n) is 3.42. The van der Waals surface area contributed by atoms with Gasteiger partial charge >= 0.3 is 0 Å². The number of hydrogen-bond acceptors (Lipinski definition) is 2. The van der Waals surface area contributed by atoms with Crippen LogP contribution in [0.5, 0.6) is 0 Å². The number of aryl methyl sites for hydroxylation is 1. The predicted octanol–water partition coefficient (Wildman–Crippen LogP) is 3.95. The molecule has 0 radical (unpaired) electrons. The molecule has 1 aliphatic carbocycles. The summed E-state index contributed by atoms with van der Waals surface area (Å²) in [5.74, 6) is 2.90. The molecule has 1 aromatic rings. The molecule has 0 saturated heterocycles. The Kier molecular flexibility index (Phi) is 5.67. The topological polar surface area (TPSA) is 29.9 Å². The summed E-state index contributed by atoms with van der Waals surface area (Å²) < 4.78 is 3.23. The van der Waals surface area contributed by atoms with Crippen molar-refractivity contribution in [1.29, 1.82) is 0 Å². The first-order chi connectivity index (χ1) is 9.49. The van der Waals surface area contributed by atoms with Gasteiger partial charge in [0.25, 0.3) is 0 Å². The zero-order valence-corrected chi connectivity index (χ0v) is 14.8. The number of nitrogens with zero attached hydrogens (tertiary/aromatic N) is 2. The van der Waals surface area contributed by atoms with Crippen LogP contribution in [0.1, 0.15) is 51.6 Å². The second kappa shape index (κ2) is 7.08. The van der Waals surface area contributed by atoms with E-state index in [-0.39, 0.29) is 0 Å². The molecule has 114 valence electrons. The molecule has 1 saturated carbocycles. The van der Waals surface area contributed by atoms with Gasteiger partial charge in [-0.3, -0.25) is 4.68 Å². The van der Waals surface area contributed by atoms with Crippen molar-refractivity contribution in [2.75, 3.05) is 13.1 Å². The van der Waals surface area contributed by atoms with E-state index < -0.39 is 0 Å². The molecule has 4 heteroatoms. The van der Waals surface area contributed by atoms with E-state index in [9.17, 15) is 0 Å². The van der Waals surface area contributed by atoms with E-state index in [0.29, 0.717) is 5.92 Å². The van der Waals surface area contributed by atoms with Crippen LogP contribution in [0.4, 0.5) is 0 Å². The molecule has 0 aromatic carbocycles. The highest BCUT2D eigenvalue weighted by Gasteiger charge is 2.32. The maximum atomic E-state index is 4.41. The Morgan fingerprint density at radius 3 is 2.80 bits per heavy atom. The predicted molar refractivity (Wildman–Crippen MR) is 87.9 cm³/mol. The Morgan fingerprint density at radius 1 is 1.45 bits per heavy atom. The lowest BCUT2D eigenvalue weighted by Crippen LogP contribution is -2.34. The van der Waals surface area contributed by atoms with Gasteiger partial charge in [0.2, 0.25) is 0 Å². The van der Waals surface area contributed by atoms with Crippen molar-refractivity contribution < 1.29 is 0 Å². The quantitative estimate of drug-likeness (QED) is 0.878. The molecule has 3 nitrogen and oxygen atoms in total. The van der Waals surface area contributed by atoms with Crippen LogP contribution in [-0.2, 0) is 7.05 Å². The molecule has 0 amide bonds. The van der Waals surface area contributed by atoms with E-state index in [1.54, 1.807) is 0 Å². The standard InChI is InChI=1S/C16H28BrN3/c1-11(2)8-18-9-13-6-5-12(3)7-14(13)16-15(17)10-19-20(16)4/h10-14,18H,5-9H2,1-4H3. The molecule has 3 unspecified atom stereocenters. The van der Waals surface area contributed by atoms with E-state index in [1.807, 2.05) is 6.20 Å². The molecule has 20 heavy (non-hydrogen) atoms. The van der Waals surface area contributed by atoms with E-state index in [1.165, 1.54) is 29.4 Å². The lowest BCUT2D eigenvalue weighted by Gasteiger charge is -2.35. The van der Waals surface area contributed by atoms with Gasteiger partial charge in [-0.05, 0) is 59.6 Å². The number of aromatic nitrogens is 2. The Hall–Kier alpha value is -0.350. The first kappa shape index (κ1) is 16.0. The molecule has 0 bridgehead atoms.